The summed E-state index contributed by atoms with van der Waals surface area (Å²) in [5, 5.41) is 15.5. The molecule has 0 aliphatic carbocycles. The van der Waals surface area contributed by atoms with Crippen LogP contribution in [0.4, 0.5) is 26.2 Å². The van der Waals surface area contributed by atoms with Gasteiger partial charge >= 0.3 is 12.0 Å². The van der Waals surface area contributed by atoms with Crippen LogP contribution in [0.25, 0.3) is 0 Å². The van der Waals surface area contributed by atoms with E-state index in [1.165, 1.54) is 18.2 Å². The number of carbonyl (C=O) groups is 2. The van der Waals surface area contributed by atoms with Crippen molar-refractivity contribution in [2.45, 2.75) is 12.1 Å². The second-order valence-corrected chi connectivity index (χ2v) is 7.81. The SMILES string of the molecule is O=C(O)C1COCCN1CC1CNc2ccccc2N1C(=O)Nc1ccc(F)c(Cl)c1. The number of hydrogen-bond donors (Lipinski definition) is 3. The lowest BCUT2D eigenvalue weighted by Gasteiger charge is -2.42. The van der Waals surface area contributed by atoms with Crippen LogP contribution in [0.5, 0.6) is 0 Å². The number of rotatable bonds is 4. The molecule has 2 unspecified atom stereocenters. The van der Waals surface area contributed by atoms with Gasteiger partial charge in [0.05, 0.1) is 35.7 Å². The maximum Gasteiger partial charge on any atom is 0.326 e. The summed E-state index contributed by atoms with van der Waals surface area (Å²) in [6.07, 6.45) is 0. The molecule has 2 aromatic rings. The number of benzene rings is 2. The van der Waals surface area contributed by atoms with E-state index in [4.69, 9.17) is 16.3 Å². The normalized spacial score (nSPS) is 21.2. The lowest BCUT2D eigenvalue weighted by molar-refractivity contribution is -0.149. The van der Waals surface area contributed by atoms with E-state index in [0.717, 1.165) is 5.69 Å². The molecule has 0 aromatic heterocycles. The Labute approximate surface area is 183 Å². The Morgan fingerprint density at radius 3 is 2.87 bits per heavy atom. The highest BCUT2D eigenvalue weighted by atomic mass is 35.5. The standard InChI is InChI=1S/C21H22ClFN4O4/c22-15-9-13(5-6-16(15)23)25-21(30)27-14(10-24-17-3-1-2-4-18(17)27)11-26-7-8-31-12-19(26)20(28)29/h1-6,9,14,19,24H,7-8,10-12H2,(H,25,30)(H,28,29). The van der Waals surface area contributed by atoms with Crippen LogP contribution in [0, 0.1) is 5.82 Å². The number of para-hydroxylation sites is 2. The first kappa shape index (κ1) is 21.4. The third kappa shape index (κ3) is 4.58. The van der Waals surface area contributed by atoms with Crippen LogP contribution in [0.3, 0.4) is 0 Å². The zero-order valence-electron chi connectivity index (χ0n) is 16.6. The Hall–Kier alpha value is -2.88. The molecule has 2 aliphatic rings. The third-order valence-corrected chi connectivity index (χ3v) is 5.71. The zero-order chi connectivity index (χ0) is 22.0. The van der Waals surface area contributed by atoms with Gasteiger partial charge in [-0.2, -0.15) is 0 Å². The van der Waals surface area contributed by atoms with E-state index >= 15 is 0 Å². The Kier molecular flexibility index (Phi) is 6.26. The second-order valence-electron chi connectivity index (χ2n) is 7.40. The van der Waals surface area contributed by atoms with Gasteiger partial charge in [0.25, 0.3) is 0 Å². The molecule has 4 rings (SSSR count). The molecule has 2 aliphatic heterocycles. The Bertz CT molecular complexity index is 992. The lowest BCUT2D eigenvalue weighted by Crippen LogP contribution is -2.59. The van der Waals surface area contributed by atoms with Gasteiger partial charge in [0.2, 0.25) is 0 Å². The number of hydrogen-bond acceptors (Lipinski definition) is 5. The van der Waals surface area contributed by atoms with E-state index in [9.17, 15) is 19.1 Å². The van der Waals surface area contributed by atoms with E-state index in [0.29, 0.717) is 37.6 Å². The first-order valence-corrected chi connectivity index (χ1v) is 10.2. The lowest BCUT2D eigenvalue weighted by atomic mass is 10.1. The number of aliphatic carboxylic acids is 1. The summed E-state index contributed by atoms with van der Waals surface area (Å²) in [5.41, 5.74) is 1.83. The van der Waals surface area contributed by atoms with Crippen LogP contribution in [0.2, 0.25) is 5.02 Å². The summed E-state index contributed by atoms with van der Waals surface area (Å²) < 4.78 is 18.8. The smallest absolute Gasteiger partial charge is 0.326 e. The molecule has 0 radical (unpaired) electrons. The number of amides is 2. The van der Waals surface area contributed by atoms with Crippen LogP contribution in [-0.4, -0.2) is 66.9 Å². The molecular weight excluding hydrogens is 427 g/mol. The highest BCUT2D eigenvalue weighted by Gasteiger charge is 2.36. The maximum absolute atomic E-state index is 13.5. The summed E-state index contributed by atoms with van der Waals surface area (Å²) in [6, 6.07) is 9.82. The van der Waals surface area contributed by atoms with Crippen molar-refractivity contribution in [2.75, 3.05) is 48.4 Å². The fourth-order valence-corrected chi connectivity index (χ4v) is 4.06. The minimum atomic E-state index is -0.958. The number of fused-ring (bicyclic) bond motifs is 1. The van der Waals surface area contributed by atoms with Crippen molar-refractivity contribution in [1.29, 1.82) is 0 Å². The summed E-state index contributed by atoms with van der Waals surface area (Å²) >= 11 is 5.84. The van der Waals surface area contributed by atoms with Crippen LogP contribution in [0.1, 0.15) is 0 Å². The fraction of sp³-hybridized carbons (Fsp3) is 0.333. The summed E-state index contributed by atoms with van der Waals surface area (Å²) in [5.74, 6) is -1.53. The van der Waals surface area contributed by atoms with E-state index in [1.807, 2.05) is 29.2 Å². The number of anilines is 3. The Balaban J connectivity index is 1.60. The molecule has 31 heavy (non-hydrogen) atoms. The van der Waals surface area contributed by atoms with Gasteiger partial charge in [0.15, 0.2) is 0 Å². The molecule has 2 atom stereocenters. The quantitative estimate of drug-likeness (QED) is 0.665. The molecule has 164 valence electrons. The van der Waals surface area contributed by atoms with Crippen molar-refractivity contribution >= 4 is 40.7 Å². The van der Waals surface area contributed by atoms with Crippen LogP contribution >= 0.6 is 11.6 Å². The molecule has 2 heterocycles. The molecule has 0 saturated carbocycles. The largest absolute Gasteiger partial charge is 0.480 e. The fourth-order valence-electron chi connectivity index (χ4n) is 3.88. The van der Waals surface area contributed by atoms with Crippen molar-refractivity contribution in [3.8, 4) is 0 Å². The zero-order valence-corrected chi connectivity index (χ0v) is 17.3. The van der Waals surface area contributed by atoms with E-state index in [2.05, 4.69) is 10.6 Å². The highest BCUT2D eigenvalue weighted by Crippen LogP contribution is 2.32. The van der Waals surface area contributed by atoms with E-state index < -0.39 is 23.9 Å². The number of carboxylic acids is 1. The first-order valence-electron chi connectivity index (χ1n) is 9.87. The number of ether oxygens (including phenoxy) is 1. The van der Waals surface area contributed by atoms with Gasteiger partial charge in [0, 0.05) is 25.3 Å². The van der Waals surface area contributed by atoms with Crippen molar-refractivity contribution < 1.29 is 23.8 Å². The predicted octanol–water partition coefficient (Wildman–Crippen LogP) is 3.10. The summed E-state index contributed by atoms with van der Waals surface area (Å²) in [7, 11) is 0. The predicted molar refractivity (Wildman–Crippen MR) is 115 cm³/mol. The van der Waals surface area contributed by atoms with Crippen molar-refractivity contribution in [3.05, 3.63) is 53.3 Å². The molecule has 8 nitrogen and oxygen atoms in total. The van der Waals surface area contributed by atoms with Gasteiger partial charge in [0.1, 0.15) is 11.9 Å². The Morgan fingerprint density at radius 1 is 1.29 bits per heavy atom. The van der Waals surface area contributed by atoms with Crippen LogP contribution in [0.15, 0.2) is 42.5 Å². The summed E-state index contributed by atoms with van der Waals surface area (Å²) in [4.78, 5) is 28.4. The minimum Gasteiger partial charge on any atom is -0.480 e. The minimum absolute atomic E-state index is 0.0901. The van der Waals surface area contributed by atoms with Gasteiger partial charge in [-0.05, 0) is 30.3 Å². The van der Waals surface area contributed by atoms with Gasteiger partial charge in [-0.15, -0.1) is 0 Å². The molecular formula is C21H22ClFN4O4. The van der Waals surface area contributed by atoms with Gasteiger partial charge in [-0.1, -0.05) is 23.7 Å². The molecule has 10 heteroatoms. The number of nitrogens with one attached hydrogen (secondary N) is 2. The number of urea groups is 1. The average Bonchev–Trinajstić information content (AvgIpc) is 2.76. The molecule has 3 N–H and O–H groups in total. The Morgan fingerprint density at radius 2 is 2.10 bits per heavy atom. The summed E-state index contributed by atoms with van der Waals surface area (Å²) in [6.45, 7) is 1.78. The van der Waals surface area contributed by atoms with Gasteiger partial charge in [-0.25, -0.2) is 9.18 Å². The number of morpholine rings is 1. The number of nitrogens with zero attached hydrogens (tertiary/aromatic N) is 2. The monoisotopic (exact) mass is 448 g/mol. The van der Waals surface area contributed by atoms with E-state index in [1.54, 1.807) is 4.90 Å². The second kappa shape index (κ2) is 9.09. The average molecular weight is 449 g/mol. The number of halogens is 2. The van der Waals surface area contributed by atoms with Crippen molar-refractivity contribution in [2.24, 2.45) is 0 Å². The maximum atomic E-state index is 13.5. The molecule has 2 amide bonds. The van der Waals surface area contributed by atoms with Crippen LogP contribution in [-0.2, 0) is 9.53 Å². The van der Waals surface area contributed by atoms with Gasteiger partial charge < -0.3 is 20.5 Å². The first-order chi connectivity index (χ1) is 14.9. The van der Waals surface area contributed by atoms with Crippen LogP contribution < -0.4 is 15.5 Å². The molecule has 2 aromatic carbocycles. The highest BCUT2D eigenvalue weighted by molar-refractivity contribution is 6.31. The molecule has 1 fully saturated rings. The molecule has 0 bridgehead atoms. The van der Waals surface area contributed by atoms with Crippen molar-refractivity contribution in [3.63, 3.8) is 0 Å². The van der Waals surface area contributed by atoms with E-state index in [-0.39, 0.29) is 17.7 Å². The molecule has 1 saturated heterocycles. The number of carboxylic acid groups (broad SMARTS) is 1. The van der Waals surface area contributed by atoms with Gasteiger partial charge in [-0.3, -0.25) is 14.6 Å². The topological polar surface area (TPSA) is 94.1 Å². The third-order valence-electron chi connectivity index (χ3n) is 5.42. The van der Waals surface area contributed by atoms with Crippen molar-refractivity contribution in [1.82, 2.24) is 4.90 Å². The molecule has 0 spiro atoms. The number of carbonyl (C=O) groups excluding carboxylic acids is 1.